The number of anilines is 1. The van der Waals surface area contributed by atoms with E-state index in [2.05, 4.69) is 4.98 Å². The van der Waals surface area contributed by atoms with Crippen LogP contribution in [0.4, 0.5) is 19.3 Å². The van der Waals surface area contributed by atoms with Crippen molar-refractivity contribution in [3.63, 3.8) is 0 Å². The Morgan fingerprint density at radius 1 is 1.28 bits per heavy atom. The number of pyridine rings is 1. The largest absolute Gasteiger partial charge is 0.447 e. The van der Waals surface area contributed by atoms with E-state index in [1.807, 2.05) is 20.8 Å². The van der Waals surface area contributed by atoms with Crippen molar-refractivity contribution in [1.82, 2.24) is 14.5 Å². The zero-order valence-corrected chi connectivity index (χ0v) is 18.5. The molecule has 4 rings (SSSR count). The number of carbonyl (C=O) groups excluding carboxylic acids is 1. The summed E-state index contributed by atoms with van der Waals surface area (Å²) in [6.07, 6.45) is 3.64. The van der Waals surface area contributed by atoms with Crippen molar-refractivity contribution in [2.75, 3.05) is 18.8 Å². The molecule has 32 heavy (non-hydrogen) atoms. The summed E-state index contributed by atoms with van der Waals surface area (Å²) in [6, 6.07) is 6.22. The average Bonchev–Trinajstić information content (AvgIpc) is 3.11. The van der Waals surface area contributed by atoms with Gasteiger partial charge in [0, 0.05) is 36.6 Å². The Kier molecular flexibility index (Phi) is 6.04. The number of benzene rings is 1. The predicted molar refractivity (Wildman–Crippen MR) is 119 cm³/mol. The van der Waals surface area contributed by atoms with Gasteiger partial charge in [-0.25, -0.2) is 13.6 Å². The highest BCUT2D eigenvalue weighted by atomic mass is 19.1. The molecule has 2 N–H and O–H groups in total. The number of nitrogens with zero attached hydrogens (tertiary/aromatic N) is 3. The first-order chi connectivity index (χ1) is 15.2. The van der Waals surface area contributed by atoms with Crippen LogP contribution < -0.4 is 5.73 Å². The number of piperidine rings is 1. The van der Waals surface area contributed by atoms with Crippen molar-refractivity contribution in [2.24, 2.45) is 5.92 Å². The van der Waals surface area contributed by atoms with Gasteiger partial charge < -0.3 is 19.9 Å². The highest BCUT2D eigenvalue weighted by Gasteiger charge is 2.31. The molecule has 0 bridgehead atoms. The second kappa shape index (κ2) is 8.76. The summed E-state index contributed by atoms with van der Waals surface area (Å²) in [5.41, 5.74) is 7.48. The molecule has 3 aromatic rings. The number of aromatic nitrogens is 2. The Bertz CT molecular complexity index is 1140. The smallest absolute Gasteiger partial charge is 0.410 e. The molecule has 1 saturated heterocycles. The van der Waals surface area contributed by atoms with Gasteiger partial charge in [-0.05, 0) is 61.9 Å². The standard InChI is InChI=1S/C24H28F2N4O2/c1-14(2)32-24(31)30-7-5-19(15(3)12-30)17-9-20(25)22(28-11-17)13-29-6-4-16-8-18(27)10-21(26)23(16)29/h4,6,8-11,14-15,19H,5,7,12-13,27H2,1-3H3. The lowest BCUT2D eigenvalue weighted by molar-refractivity contribution is 0.0605. The maximum atomic E-state index is 15.0. The number of halogens is 2. The molecule has 2 aromatic heterocycles. The molecule has 3 heterocycles. The third kappa shape index (κ3) is 4.40. The van der Waals surface area contributed by atoms with Crippen molar-refractivity contribution < 1.29 is 18.3 Å². The normalized spacial score (nSPS) is 19.0. The molecule has 1 fully saturated rings. The second-order valence-corrected chi connectivity index (χ2v) is 8.83. The number of fused-ring (bicyclic) bond motifs is 1. The van der Waals surface area contributed by atoms with Crippen molar-refractivity contribution in [2.45, 2.75) is 45.8 Å². The number of carbonyl (C=O) groups is 1. The van der Waals surface area contributed by atoms with Crippen molar-refractivity contribution in [3.05, 3.63) is 59.6 Å². The van der Waals surface area contributed by atoms with E-state index in [0.717, 1.165) is 5.56 Å². The summed E-state index contributed by atoms with van der Waals surface area (Å²) >= 11 is 0. The van der Waals surface area contributed by atoms with Crippen LogP contribution in [0.2, 0.25) is 0 Å². The minimum atomic E-state index is -0.446. The van der Waals surface area contributed by atoms with Crippen LogP contribution >= 0.6 is 0 Å². The maximum absolute atomic E-state index is 15.0. The number of nitrogen functional groups attached to an aromatic ring is 1. The van der Waals surface area contributed by atoms with Gasteiger partial charge >= 0.3 is 6.09 Å². The highest BCUT2D eigenvalue weighted by Crippen LogP contribution is 2.33. The zero-order valence-electron chi connectivity index (χ0n) is 18.5. The number of amides is 1. The fraction of sp³-hybridized carbons (Fsp3) is 0.417. The first kappa shape index (κ1) is 22.0. The Labute approximate surface area is 186 Å². The number of ether oxygens (including phenoxy) is 1. The summed E-state index contributed by atoms with van der Waals surface area (Å²) in [6.45, 7) is 6.92. The van der Waals surface area contributed by atoms with Crippen LogP contribution in [-0.2, 0) is 11.3 Å². The van der Waals surface area contributed by atoms with E-state index in [-0.39, 0.29) is 36.3 Å². The van der Waals surface area contributed by atoms with Gasteiger partial charge in [0.1, 0.15) is 11.6 Å². The number of nitrogens with two attached hydrogens (primary N) is 1. The van der Waals surface area contributed by atoms with Crippen LogP contribution in [0, 0.1) is 17.6 Å². The molecule has 170 valence electrons. The average molecular weight is 443 g/mol. The minimum Gasteiger partial charge on any atom is -0.447 e. The summed E-state index contributed by atoms with van der Waals surface area (Å²) < 4.78 is 36.3. The minimum absolute atomic E-state index is 0.0991. The topological polar surface area (TPSA) is 73.4 Å². The maximum Gasteiger partial charge on any atom is 0.410 e. The summed E-state index contributed by atoms with van der Waals surface area (Å²) in [7, 11) is 0. The van der Waals surface area contributed by atoms with Gasteiger partial charge in [0.2, 0.25) is 0 Å². The fourth-order valence-corrected chi connectivity index (χ4v) is 4.49. The SMILES string of the molecule is CC(C)OC(=O)N1CCC(c2cnc(Cn3ccc4cc(N)cc(F)c43)c(F)c2)C(C)C1. The molecule has 0 radical (unpaired) electrons. The molecule has 1 aromatic carbocycles. The Balaban J connectivity index is 1.49. The molecule has 0 aliphatic carbocycles. The van der Waals surface area contributed by atoms with Crippen LogP contribution in [-0.4, -0.2) is 39.7 Å². The molecule has 0 saturated carbocycles. The van der Waals surface area contributed by atoms with Crippen LogP contribution in [0.15, 0.2) is 36.7 Å². The Morgan fingerprint density at radius 3 is 2.75 bits per heavy atom. The third-order valence-corrected chi connectivity index (χ3v) is 6.02. The van der Waals surface area contributed by atoms with E-state index < -0.39 is 11.6 Å². The molecular weight excluding hydrogens is 414 g/mol. The van der Waals surface area contributed by atoms with E-state index in [1.54, 1.807) is 34.0 Å². The van der Waals surface area contributed by atoms with E-state index in [0.29, 0.717) is 36.1 Å². The Hall–Kier alpha value is -3.16. The molecule has 1 amide bonds. The molecule has 1 aliphatic rings. The molecule has 6 nitrogen and oxygen atoms in total. The third-order valence-electron chi connectivity index (χ3n) is 6.02. The van der Waals surface area contributed by atoms with Crippen molar-refractivity contribution >= 4 is 22.7 Å². The number of likely N-dealkylation sites (tertiary alicyclic amines) is 1. The summed E-state index contributed by atoms with van der Waals surface area (Å²) in [4.78, 5) is 18.2. The monoisotopic (exact) mass is 442 g/mol. The molecule has 2 atom stereocenters. The lowest BCUT2D eigenvalue weighted by Gasteiger charge is -2.36. The van der Waals surface area contributed by atoms with Crippen LogP contribution in [0.5, 0.6) is 0 Å². The second-order valence-electron chi connectivity index (χ2n) is 8.83. The van der Waals surface area contributed by atoms with E-state index in [9.17, 15) is 13.6 Å². The van der Waals surface area contributed by atoms with Gasteiger partial charge in [0.15, 0.2) is 0 Å². The molecule has 2 unspecified atom stereocenters. The molecule has 1 aliphatic heterocycles. The number of hydrogen-bond acceptors (Lipinski definition) is 4. The summed E-state index contributed by atoms with van der Waals surface area (Å²) in [5.74, 6) is -0.627. The molecular formula is C24H28F2N4O2. The van der Waals surface area contributed by atoms with Gasteiger partial charge in [-0.15, -0.1) is 0 Å². The fourth-order valence-electron chi connectivity index (χ4n) is 4.49. The highest BCUT2D eigenvalue weighted by molar-refractivity contribution is 5.84. The Morgan fingerprint density at radius 2 is 2.06 bits per heavy atom. The van der Waals surface area contributed by atoms with E-state index in [4.69, 9.17) is 10.5 Å². The first-order valence-corrected chi connectivity index (χ1v) is 10.9. The zero-order chi connectivity index (χ0) is 23.0. The van der Waals surface area contributed by atoms with Gasteiger partial charge in [0.25, 0.3) is 0 Å². The van der Waals surface area contributed by atoms with Crippen molar-refractivity contribution in [3.8, 4) is 0 Å². The number of rotatable bonds is 4. The lowest BCUT2D eigenvalue weighted by atomic mass is 9.82. The number of hydrogen-bond donors (Lipinski definition) is 1. The summed E-state index contributed by atoms with van der Waals surface area (Å²) in [5, 5.41) is 0.663. The van der Waals surface area contributed by atoms with E-state index >= 15 is 0 Å². The first-order valence-electron chi connectivity index (χ1n) is 10.9. The van der Waals surface area contributed by atoms with Gasteiger partial charge in [-0.3, -0.25) is 4.98 Å². The molecule has 8 heteroatoms. The van der Waals surface area contributed by atoms with Crippen LogP contribution in [0.25, 0.3) is 10.9 Å². The van der Waals surface area contributed by atoms with Crippen LogP contribution in [0.3, 0.4) is 0 Å². The van der Waals surface area contributed by atoms with Crippen LogP contribution in [0.1, 0.15) is 44.4 Å². The van der Waals surface area contributed by atoms with Gasteiger partial charge in [0.05, 0.1) is 23.9 Å². The van der Waals surface area contributed by atoms with Crippen molar-refractivity contribution in [1.29, 1.82) is 0 Å². The van der Waals surface area contributed by atoms with Gasteiger partial charge in [-0.2, -0.15) is 0 Å². The van der Waals surface area contributed by atoms with Gasteiger partial charge in [-0.1, -0.05) is 6.92 Å². The lowest BCUT2D eigenvalue weighted by Crippen LogP contribution is -2.43. The predicted octanol–water partition coefficient (Wildman–Crippen LogP) is 4.92. The quantitative estimate of drug-likeness (QED) is 0.583. The van der Waals surface area contributed by atoms with E-state index in [1.165, 1.54) is 12.1 Å². The molecule has 0 spiro atoms.